The number of aromatic nitrogens is 1. The van der Waals surface area contributed by atoms with Crippen LogP contribution in [0, 0.1) is 0 Å². The number of halogens is 2. The van der Waals surface area contributed by atoms with Gasteiger partial charge in [0.2, 0.25) is 0 Å². The number of hydrogen-bond donors (Lipinski definition) is 2. The highest BCUT2D eigenvalue weighted by Crippen LogP contribution is 2.36. The molecule has 0 aliphatic heterocycles. The number of rotatable bonds is 2. The van der Waals surface area contributed by atoms with Crippen molar-refractivity contribution in [3.8, 4) is 0 Å². The van der Waals surface area contributed by atoms with Gasteiger partial charge in [-0.2, -0.15) is 0 Å². The van der Waals surface area contributed by atoms with Crippen molar-refractivity contribution in [1.29, 1.82) is 0 Å². The number of nitrogens with two attached hydrogens (primary N) is 1. The van der Waals surface area contributed by atoms with E-state index in [4.69, 9.17) is 10.7 Å². The second kappa shape index (κ2) is 7.29. The molecule has 0 fully saturated rings. The van der Waals surface area contributed by atoms with E-state index in [-0.39, 0.29) is 5.91 Å². The zero-order valence-corrected chi connectivity index (χ0v) is 17.9. The van der Waals surface area contributed by atoms with Crippen LogP contribution in [0.1, 0.15) is 40.2 Å². The number of amides is 1. The molecule has 26 heavy (non-hydrogen) atoms. The molecule has 0 saturated heterocycles. The highest BCUT2D eigenvalue weighted by molar-refractivity contribution is 9.11. The Bertz CT molecular complexity index is 1020. The number of benzene rings is 1. The number of pyridine rings is 1. The average molecular weight is 495 g/mol. The number of nitrogen functional groups attached to an aromatic ring is 1. The Morgan fingerprint density at radius 3 is 2.77 bits per heavy atom. The number of thiophene rings is 1. The minimum absolute atomic E-state index is 0.205. The number of aryl methyl sites for hydroxylation is 2. The van der Waals surface area contributed by atoms with Crippen LogP contribution in [-0.2, 0) is 12.8 Å². The van der Waals surface area contributed by atoms with Crippen molar-refractivity contribution >= 4 is 70.7 Å². The third-order valence-corrected chi connectivity index (χ3v) is 6.90. The molecule has 2 heterocycles. The van der Waals surface area contributed by atoms with Gasteiger partial charge in [-0.25, -0.2) is 4.98 Å². The Hall–Kier alpha value is -1.44. The molecular weight excluding hydrogens is 478 g/mol. The minimum atomic E-state index is -0.205. The molecule has 3 aromatic rings. The summed E-state index contributed by atoms with van der Waals surface area (Å²) >= 11 is 8.25. The second-order valence-electron chi connectivity index (χ2n) is 6.43. The molecule has 0 bridgehead atoms. The fourth-order valence-corrected chi connectivity index (χ4v) is 5.41. The van der Waals surface area contributed by atoms with Gasteiger partial charge in [0.1, 0.15) is 9.71 Å². The predicted octanol–water partition coefficient (Wildman–Crippen LogP) is 5.92. The molecule has 1 aliphatic rings. The molecule has 0 spiro atoms. The summed E-state index contributed by atoms with van der Waals surface area (Å²) in [5.74, 6) is -0.205. The van der Waals surface area contributed by atoms with Gasteiger partial charge < -0.3 is 11.1 Å². The zero-order chi connectivity index (χ0) is 18.3. The number of carbonyl (C=O) groups is 1. The molecule has 4 nitrogen and oxygen atoms in total. The molecule has 1 aliphatic carbocycles. The summed E-state index contributed by atoms with van der Waals surface area (Å²) in [7, 11) is 0. The summed E-state index contributed by atoms with van der Waals surface area (Å²) in [5.41, 5.74) is 9.99. The number of carbonyl (C=O) groups excluding carboxylic acids is 1. The van der Waals surface area contributed by atoms with Crippen LogP contribution in [0.15, 0.2) is 33.2 Å². The van der Waals surface area contributed by atoms with E-state index in [1.54, 1.807) is 0 Å². The predicted molar refractivity (Wildman–Crippen MR) is 115 cm³/mol. The molecule has 4 rings (SSSR count). The summed E-state index contributed by atoms with van der Waals surface area (Å²) in [5, 5.41) is 3.83. The lowest BCUT2D eigenvalue weighted by molar-refractivity contribution is 0.103. The third-order valence-electron chi connectivity index (χ3n) is 4.63. The molecule has 134 valence electrons. The molecular formula is C19H17Br2N3OS. The van der Waals surface area contributed by atoms with Gasteiger partial charge >= 0.3 is 0 Å². The van der Waals surface area contributed by atoms with Gasteiger partial charge in [0.25, 0.3) is 5.91 Å². The molecule has 0 saturated carbocycles. The van der Waals surface area contributed by atoms with Crippen LogP contribution < -0.4 is 11.1 Å². The number of nitrogens with zero attached hydrogens (tertiary/aromatic N) is 1. The monoisotopic (exact) mass is 493 g/mol. The summed E-state index contributed by atoms with van der Waals surface area (Å²) < 4.78 is 1.75. The van der Waals surface area contributed by atoms with E-state index in [1.165, 1.54) is 41.9 Å². The van der Waals surface area contributed by atoms with E-state index < -0.39 is 0 Å². The summed E-state index contributed by atoms with van der Waals surface area (Å²) in [4.78, 5) is 19.0. The van der Waals surface area contributed by atoms with Crippen LogP contribution in [-0.4, -0.2) is 10.9 Å². The average Bonchev–Trinajstić information content (AvgIpc) is 2.79. The smallest absolute Gasteiger partial charge is 0.267 e. The van der Waals surface area contributed by atoms with Crippen molar-refractivity contribution in [2.24, 2.45) is 0 Å². The lowest BCUT2D eigenvalue weighted by Crippen LogP contribution is -2.12. The van der Waals surface area contributed by atoms with E-state index >= 15 is 0 Å². The maximum absolute atomic E-state index is 12.8. The number of hydrogen-bond acceptors (Lipinski definition) is 4. The first kappa shape index (κ1) is 17.9. The quantitative estimate of drug-likeness (QED) is 0.434. The Morgan fingerprint density at radius 2 is 1.96 bits per heavy atom. The van der Waals surface area contributed by atoms with E-state index in [1.807, 2.05) is 18.2 Å². The molecule has 0 atom stereocenters. The highest BCUT2D eigenvalue weighted by Gasteiger charge is 2.20. The standard InChI is InChI=1S/C19H17Br2N3OS/c20-11-6-7-15(13(21)9-11)23-18(25)17-16(22)12-8-10-4-2-1-3-5-14(10)24-19(12)26-17/h6-9H,1-5,22H2,(H,23,25). The lowest BCUT2D eigenvalue weighted by Gasteiger charge is -2.07. The molecule has 0 unspecified atom stereocenters. The van der Waals surface area contributed by atoms with Gasteiger partial charge in [-0.1, -0.05) is 22.4 Å². The first-order valence-electron chi connectivity index (χ1n) is 8.50. The van der Waals surface area contributed by atoms with Gasteiger partial charge in [0.05, 0.1) is 11.4 Å². The minimum Gasteiger partial charge on any atom is -0.397 e. The number of fused-ring (bicyclic) bond motifs is 2. The molecule has 7 heteroatoms. The first-order chi connectivity index (χ1) is 12.5. The molecule has 1 aromatic carbocycles. The van der Waals surface area contributed by atoms with Crippen molar-refractivity contribution in [3.05, 3.63) is 49.3 Å². The topological polar surface area (TPSA) is 68.0 Å². The molecule has 0 radical (unpaired) electrons. The van der Waals surface area contributed by atoms with Crippen molar-refractivity contribution in [3.63, 3.8) is 0 Å². The van der Waals surface area contributed by atoms with Crippen LogP contribution in [0.2, 0.25) is 0 Å². The SMILES string of the molecule is Nc1c(C(=O)Nc2ccc(Br)cc2Br)sc2nc3c(cc12)CCCCC3. The Morgan fingerprint density at radius 1 is 1.15 bits per heavy atom. The maximum atomic E-state index is 12.8. The van der Waals surface area contributed by atoms with Gasteiger partial charge in [-0.15, -0.1) is 11.3 Å². The fourth-order valence-electron chi connectivity index (χ4n) is 3.27. The number of nitrogens with one attached hydrogen (secondary N) is 1. The van der Waals surface area contributed by atoms with Crippen molar-refractivity contribution in [2.45, 2.75) is 32.1 Å². The number of anilines is 2. The van der Waals surface area contributed by atoms with Crippen LogP contribution in [0.3, 0.4) is 0 Å². The van der Waals surface area contributed by atoms with Crippen molar-refractivity contribution in [1.82, 2.24) is 4.98 Å². The van der Waals surface area contributed by atoms with Gasteiger partial charge in [0.15, 0.2) is 0 Å². The van der Waals surface area contributed by atoms with Crippen LogP contribution in [0.25, 0.3) is 10.2 Å². The largest absolute Gasteiger partial charge is 0.397 e. The van der Waals surface area contributed by atoms with Gasteiger partial charge in [0, 0.05) is 20.0 Å². The molecule has 3 N–H and O–H groups in total. The van der Waals surface area contributed by atoms with Gasteiger partial charge in [-0.3, -0.25) is 4.79 Å². The van der Waals surface area contributed by atoms with E-state index in [0.29, 0.717) is 16.3 Å². The van der Waals surface area contributed by atoms with Crippen LogP contribution in [0.5, 0.6) is 0 Å². The highest BCUT2D eigenvalue weighted by atomic mass is 79.9. The van der Waals surface area contributed by atoms with Crippen LogP contribution in [0.4, 0.5) is 11.4 Å². The third kappa shape index (κ3) is 3.40. The first-order valence-corrected chi connectivity index (χ1v) is 10.9. The lowest BCUT2D eigenvalue weighted by atomic mass is 10.1. The maximum Gasteiger partial charge on any atom is 0.267 e. The second-order valence-corrected chi connectivity index (χ2v) is 9.20. The molecule has 2 aromatic heterocycles. The Balaban J connectivity index is 1.70. The molecule has 1 amide bonds. The zero-order valence-electron chi connectivity index (χ0n) is 13.9. The fraction of sp³-hybridized carbons (Fsp3) is 0.263. The summed E-state index contributed by atoms with van der Waals surface area (Å²) in [6.45, 7) is 0. The van der Waals surface area contributed by atoms with Crippen molar-refractivity contribution in [2.75, 3.05) is 11.1 Å². The Labute approximate surface area is 172 Å². The van der Waals surface area contributed by atoms with Gasteiger partial charge in [-0.05, 0) is 71.4 Å². The van der Waals surface area contributed by atoms with Crippen molar-refractivity contribution < 1.29 is 4.79 Å². The van der Waals surface area contributed by atoms with E-state index in [0.717, 1.165) is 32.0 Å². The van der Waals surface area contributed by atoms with E-state index in [9.17, 15) is 4.79 Å². The normalized spacial score (nSPS) is 14.1. The van der Waals surface area contributed by atoms with E-state index in [2.05, 4.69) is 43.2 Å². The van der Waals surface area contributed by atoms with Crippen LogP contribution >= 0.6 is 43.2 Å². The summed E-state index contributed by atoms with van der Waals surface area (Å²) in [6.07, 6.45) is 5.67. The summed E-state index contributed by atoms with van der Waals surface area (Å²) in [6, 6.07) is 7.76. The Kier molecular flexibility index (Phi) is 5.03.